The second-order valence-corrected chi connectivity index (χ2v) is 5.26. The topological polar surface area (TPSA) is 41.1 Å². The lowest BCUT2D eigenvalue weighted by Crippen LogP contribution is -2.37. The van der Waals surface area contributed by atoms with Crippen molar-refractivity contribution in [3.05, 3.63) is 65.7 Å². The zero-order valence-corrected chi connectivity index (χ0v) is 12.5. The fourth-order valence-electron chi connectivity index (χ4n) is 2.15. The van der Waals surface area contributed by atoms with Crippen LogP contribution >= 0.6 is 0 Å². The van der Waals surface area contributed by atoms with Gasteiger partial charge >= 0.3 is 12.2 Å². The molecule has 6 heteroatoms. The molecule has 0 aliphatic heterocycles. The number of carbonyl (C=O) groups excluding carboxylic acids is 1. The molecule has 2 N–H and O–H groups in total. The van der Waals surface area contributed by atoms with Gasteiger partial charge in [-0.2, -0.15) is 13.2 Å². The number of alkyl halides is 3. The van der Waals surface area contributed by atoms with Crippen molar-refractivity contribution in [3.63, 3.8) is 0 Å². The van der Waals surface area contributed by atoms with E-state index in [1.165, 1.54) is 12.1 Å². The van der Waals surface area contributed by atoms with E-state index in [9.17, 15) is 18.0 Å². The van der Waals surface area contributed by atoms with Crippen molar-refractivity contribution in [1.29, 1.82) is 0 Å². The average molecular weight is 322 g/mol. The van der Waals surface area contributed by atoms with E-state index in [4.69, 9.17) is 0 Å². The van der Waals surface area contributed by atoms with Gasteiger partial charge in [0.15, 0.2) is 0 Å². The molecule has 1 atom stereocenters. The van der Waals surface area contributed by atoms with Crippen LogP contribution in [0.15, 0.2) is 54.6 Å². The Labute approximate surface area is 132 Å². The van der Waals surface area contributed by atoms with Gasteiger partial charge in [-0.1, -0.05) is 30.3 Å². The average Bonchev–Trinajstić information content (AvgIpc) is 2.47. The molecule has 2 aromatic carbocycles. The molecule has 0 saturated carbocycles. The molecule has 0 aromatic heterocycles. The molecule has 1 unspecified atom stereocenters. The first kappa shape index (κ1) is 16.9. The quantitative estimate of drug-likeness (QED) is 0.857. The van der Waals surface area contributed by atoms with E-state index in [1.807, 2.05) is 37.3 Å². The van der Waals surface area contributed by atoms with Crippen LogP contribution < -0.4 is 10.6 Å². The number of benzene rings is 2. The molecule has 0 heterocycles. The maximum Gasteiger partial charge on any atom is 0.416 e. The molecule has 2 amide bonds. The van der Waals surface area contributed by atoms with Gasteiger partial charge in [0, 0.05) is 11.7 Å². The molecule has 122 valence electrons. The van der Waals surface area contributed by atoms with Gasteiger partial charge in [-0.05, 0) is 43.2 Å². The van der Waals surface area contributed by atoms with E-state index in [1.54, 1.807) is 0 Å². The van der Waals surface area contributed by atoms with Crippen LogP contribution in [0, 0.1) is 0 Å². The standard InChI is InChI=1S/C17H17F3N2O/c1-12(11-13-5-3-2-4-6-13)21-16(23)22-15-9-7-14(8-10-15)17(18,19)20/h2-10,12H,11H2,1H3,(H2,21,22,23). The molecule has 2 aromatic rings. The highest BCUT2D eigenvalue weighted by Gasteiger charge is 2.29. The summed E-state index contributed by atoms with van der Waals surface area (Å²) in [6.45, 7) is 1.86. The molecular formula is C17H17F3N2O. The van der Waals surface area contributed by atoms with E-state index >= 15 is 0 Å². The highest BCUT2D eigenvalue weighted by Crippen LogP contribution is 2.29. The lowest BCUT2D eigenvalue weighted by molar-refractivity contribution is -0.137. The van der Waals surface area contributed by atoms with Gasteiger partial charge in [-0.3, -0.25) is 0 Å². The normalized spacial score (nSPS) is 12.5. The van der Waals surface area contributed by atoms with E-state index in [-0.39, 0.29) is 6.04 Å². The van der Waals surface area contributed by atoms with Crippen LogP contribution in [0.25, 0.3) is 0 Å². The molecule has 0 radical (unpaired) electrons. The van der Waals surface area contributed by atoms with Crippen molar-refractivity contribution in [3.8, 4) is 0 Å². The Hall–Kier alpha value is -2.50. The third-order valence-corrected chi connectivity index (χ3v) is 3.23. The van der Waals surface area contributed by atoms with Crippen molar-refractivity contribution in [1.82, 2.24) is 5.32 Å². The summed E-state index contributed by atoms with van der Waals surface area (Å²) in [5.41, 5.74) is 0.651. The van der Waals surface area contributed by atoms with E-state index < -0.39 is 17.8 Å². The van der Waals surface area contributed by atoms with Crippen LogP contribution in [0.1, 0.15) is 18.1 Å². The summed E-state index contributed by atoms with van der Waals surface area (Å²) < 4.78 is 37.4. The zero-order valence-electron chi connectivity index (χ0n) is 12.5. The van der Waals surface area contributed by atoms with Crippen LogP contribution in [0.4, 0.5) is 23.7 Å². The van der Waals surface area contributed by atoms with Crippen LogP contribution in [0.3, 0.4) is 0 Å². The molecule has 0 aliphatic carbocycles. The van der Waals surface area contributed by atoms with Gasteiger partial charge in [-0.15, -0.1) is 0 Å². The number of amides is 2. The molecule has 23 heavy (non-hydrogen) atoms. The molecule has 3 nitrogen and oxygen atoms in total. The number of urea groups is 1. The highest BCUT2D eigenvalue weighted by atomic mass is 19.4. The highest BCUT2D eigenvalue weighted by molar-refractivity contribution is 5.89. The number of hydrogen-bond donors (Lipinski definition) is 2. The number of halogens is 3. The first-order valence-electron chi connectivity index (χ1n) is 7.13. The number of carbonyl (C=O) groups is 1. The third kappa shape index (κ3) is 5.32. The molecule has 0 saturated heterocycles. The van der Waals surface area contributed by atoms with Gasteiger partial charge in [0.05, 0.1) is 5.56 Å². The number of anilines is 1. The molecular weight excluding hydrogens is 305 g/mol. The van der Waals surface area contributed by atoms with Gasteiger partial charge in [-0.25, -0.2) is 4.79 Å². The van der Waals surface area contributed by atoms with Gasteiger partial charge < -0.3 is 10.6 Å². The Kier molecular flexibility index (Phi) is 5.26. The minimum atomic E-state index is -4.38. The molecule has 0 spiro atoms. The van der Waals surface area contributed by atoms with E-state index in [0.717, 1.165) is 17.7 Å². The van der Waals surface area contributed by atoms with Crippen LogP contribution in [0.5, 0.6) is 0 Å². The second kappa shape index (κ2) is 7.17. The fourth-order valence-corrected chi connectivity index (χ4v) is 2.15. The van der Waals surface area contributed by atoms with Crippen molar-refractivity contribution in [2.45, 2.75) is 25.6 Å². The summed E-state index contributed by atoms with van der Waals surface area (Å²) >= 11 is 0. The monoisotopic (exact) mass is 322 g/mol. The van der Waals surface area contributed by atoms with Gasteiger partial charge in [0.2, 0.25) is 0 Å². The van der Waals surface area contributed by atoms with E-state index in [0.29, 0.717) is 12.1 Å². The summed E-state index contributed by atoms with van der Waals surface area (Å²) in [7, 11) is 0. The van der Waals surface area contributed by atoms with Crippen molar-refractivity contribution >= 4 is 11.7 Å². The van der Waals surface area contributed by atoms with Crippen LogP contribution in [-0.4, -0.2) is 12.1 Å². The number of rotatable bonds is 4. The Morgan fingerprint density at radius 1 is 1.04 bits per heavy atom. The smallest absolute Gasteiger partial charge is 0.335 e. The minimum absolute atomic E-state index is 0.105. The summed E-state index contributed by atoms with van der Waals surface area (Å²) in [6.07, 6.45) is -3.72. The zero-order chi connectivity index (χ0) is 16.9. The Morgan fingerprint density at radius 3 is 2.22 bits per heavy atom. The summed E-state index contributed by atoms with van der Waals surface area (Å²) in [5, 5.41) is 5.27. The third-order valence-electron chi connectivity index (χ3n) is 3.23. The maximum absolute atomic E-state index is 12.5. The minimum Gasteiger partial charge on any atom is -0.335 e. The molecule has 0 aliphatic rings. The first-order valence-corrected chi connectivity index (χ1v) is 7.13. The van der Waals surface area contributed by atoms with Crippen LogP contribution in [-0.2, 0) is 12.6 Å². The molecule has 2 rings (SSSR count). The Bertz CT molecular complexity index is 639. The SMILES string of the molecule is CC(Cc1ccccc1)NC(=O)Nc1ccc(C(F)(F)F)cc1. The lowest BCUT2D eigenvalue weighted by atomic mass is 10.1. The predicted octanol–water partition coefficient (Wildman–Crippen LogP) is 4.46. The fraction of sp³-hybridized carbons (Fsp3) is 0.235. The lowest BCUT2D eigenvalue weighted by Gasteiger charge is -2.15. The summed E-state index contributed by atoms with van der Waals surface area (Å²) in [6, 6.07) is 13.5. The van der Waals surface area contributed by atoms with Gasteiger partial charge in [0.25, 0.3) is 0 Å². The first-order chi connectivity index (χ1) is 10.8. The number of nitrogens with one attached hydrogen (secondary N) is 2. The van der Waals surface area contributed by atoms with Gasteiger partial charge in [0.1, 0.15) is 0 Å². The van der Waals surface area contributed by atoms with Crippen molar-refractivity contribution < 1.29 is 18.0 Å². The number of hydrogen-bond acceptors (Lipinski definition) is 1. The Morgan fingerprint density at radius 2 is 1.65 bits per heavy atom. The Balaban J connectivity index is 1.87. The molecule has 0 bridgehead atoms. The van der Waals surface area contributed by atoms with Crippen molar-refractivity contribution in [2.75, 3.05) is 5.32 Å². The molecule has 0 fully saturated rings. The van der Waals surface area contributed by atoms with Crippen LogP contribution in [0.2, 0.25) is 0 Å². The second-order valence-electron chi connectivity index (χ2n) is 5.26. The van der Waals surface area contributed by atoms with Crippen molar-refractivity contribution in [2.24, 2.45) is 0 Å². The maximum atomic E-state index is 12.5. The summed E-state index contributed by atoms with van der Waals surface area (Å²) in [5.74, 6) is 0. The summed E-state index contributed by atoms with van der Waals surface area (Å²) in [4.78, 5) is 11.9. The van der Waals surface area contributed by atoms with E-state index in [2.05, 4.69) is 10.6 Å². The largest absolute Gasteiger partial charge is 0.416 e. The predicted molar refractivity (Wildman–Crippen MR) is 83.2 cm³/mol.